The number of nitrogens with zero attached hydrogens (tertiary/aromatic N) is 5. The van der Waals surface area contributed by atoms with E-state index in [2.05, 4.69) is 102 Å². The summed E-state index contributed by atoms with van der Waals surface area (Å²) in [6, 6.07) is 50.2. The van der Waals surface area contributed by atoms with Crippen LogP contribution in [-0.2, 0) is 0 Å². The van der Waals surface area contributed by atoms with Crippen LogP contribution in [0, 0.1) is 0 Å². The molecule has 0 saturated carbocycles. The Balaban J connectivity index is 1.12. The molecule has 0 bridgehead atoms. The Morgan fingerprint density at radius 2 is 0.857 bits per heavy atom. The van der Waals surface area contributed by atoms with Crippen molar-refractivity contribution in [1.29, 1.82) is 0 Å². The molecule has 0 fully saturated rings. The average Bonchev–Trinajstić information content (AvgIpc) is 3.56. The first-order chi connectivity index (χ1) is 24.2. The van der Waals surface area contributed by atoms with Gasteiger partial charge in [-0.3, -0.25) is 9.97 Å². The van der Waals surface area contributed by atoms with Crippen LogP contribution < -0.4 is 0 Å². The second kappa shape index (κ2) is 12.3. The molecule has 0 saturated heterocycles. The molecule has 0 unspecified atom stereocenters. The number of aromatic nitrogens is 5. The first-order valence-electron chi connectivity index (χ1n) is 16.1. The van der Waals surface area contributed by atoms with Crippen molar-refractivity contribution in [3.63, 3.8) is 0 Å². The Hall–Kier alpha value is -6.37. The second-order valence-electron chi connectivity index (χ2n) is 11.8. The van der Waals surface area contributed by atoms with E-state index in [4.69, 9.17) is 19.9 Å². The topological polar surface area (TPSA) is 64.5 Å². The van der Waals surface area contributed by atoms with Crippen molar-refractivity contribution in [3.8, 4) is 67.7 Å². The van der Waals surface area contributed by atoms with Crippen molar-refractivity contribution in [2.24, 2.45) is 0 Å². The molecule has 0 N–H and O–H groups in total. The third kappa shape index (κ3) is 5.64. The molecule has 0 atom stereocenters. The molecule has 230 valence electrons. The number of fused-ring (bicyclic) bond motifs is 3. The minimum absolute atomic E-state index is 0.640. The van der Waals surface area contributed by atoms with Gasteiger partial charge in [0.15, 0.2) is 17.5 Å². The Morgan fingerprint density at radius 1 is 0.367 bits per heavy atom. The lowest BCUT2D eigenvalue weighted by atomic mass is 10.0. The highest BCUT2D eigenvalue weighted by atomic mass is 32.1. The van der Waals surface area contributed by atoms with Crippen LogP contribution in [-0.4, -0.2) is 24.9 Å². The van der Waals surface area contributed by atoms with Crippen molar-refractivity contribution < 1.29 is 0 Å². The number of thiophene rings is 1. The largest absolute Gasteiger partial charge is 0.264 e. The predicted molar refractivity (Wildman–Crippen MR) is 201 cm³/mol. The maximum Gasteiger partial charge on any atom is 0.164 e. The van der Waals surface area contributed by atoms with Crippen LogP contribution >= 0.6 is 11.3 Å². The third-order valence-corrected chi connectivity index (χ3v) is 9.85. The van der Waals surface area contributed by atoms with E-state index in [1.165, 1.54) is 25.7 Å². The number of rotatable bonds is 6. The summed E-state index contributed by atoms with van der Waals surface area (Å²) in [5.74, 6) is 1.92. The van der Waals surface area contributed by atoms with Crippen LogP contribution in [0.2, 0.25) is 0 Å². The summed E-state index contributed by atoms with van der Waals surface area (Å²) in [6.45, 7) is 0. The van der Waals surface area contributed by atoms with Gasteiger partial charge in [0.25, 0.3) is 0 Å². The molecule has 0 radical (unpaired) electrons. The van der Waals surface area contributed by atoms with Gasteiger partial charge >= 0.3 is 0 Å². The molecule has 5 nitrogen and oxygen atoms in total. The quantitative estimate of drug-likeness (QED) is 0.180. The zero-order valence-electron chi connectivity index (χ0n) is 26.2. The zero-order chi connectivity index (χ0) is 32.6. The minimum atomic E-state index is 0.640. The summed E-state index contributed by atoms with van der Waals surface area (Å²) in [6.07, 6.45) is 5.56. The van der Waals surface area contributed by atoms with E-state index in [9.17, 15) is 0 Å². The molecular formula is C43H27N5S. The normalized spacial score (nSPS) is 11.3. The van der Waals surface area contributed by atoms with E-state index in [-0.39, 0.29) is 0 Å². The average molecular weight is 646 g/mol. The van der Waals surface area contributed by atoms with Gasteiger partial charge in [-0.1, -0.05) is 103 Å². The van der Waals surface area contributed by atoms with Gasteiger partial charge in [0, 0.05) is 72.1 Å². The van der Waals surface area contributed by atoms with Crippen LogP contribution in [0.25, 0.3) is 87.8 Å². The molecule has 5 aromatic carbocycles. The van der Waals surface area contributed by atoms with Crippen LogP contribution in [0.4, 0.5) is 0 Å². The molecule has 0 aliphatic heterocycles. The molecule has 6 heteroatoms. The molecule has 0 aliphatic carbocycles. The zero-order valence-corrected chi connectivity index (χ0v) is 27.0. The van der Waals surface area contributed by atoms with E-state index in [0.29, 0.717) is 17.5 Å². The summed E-state index contributed by atoms with van der Waals surface area (Å²) in [5.41, 5.74) is 9.25. The van der Waals surface area contributed by atoms with Crippen molar-refractivity contribution in [1.82, 2.24) is 24.9 Å². The maximum atomic E-state index is 5.04. The number of benzene rings is 5. The van der Waals surface area contributed by atoms with Gasteiger partial charge in [-0.05, 0) is 53.6 Å². The monoisotopic (exact) mass is 645 g/mol. The molecule has 0 aliphatic rings. The van der Waals surface area contributed by atoms with Gasteiger partial charge < -0.3 is 0 Å². The summed E-state index contributed by atoms with van der Waals surface area (Å²) >= 11 is 1.79. The Bertz CT molecular complexity index is 2570. The van der Waals surface area contributed by atoms with Crippen molar-refractivity contribution in [3.05, 3.63) is 164 Å². The molecule has 0 amide bonds. The lowest BCUT2D eigenvalue weighted by Gasteiger charge is -2.09. The first kappa shape index (κ1) is 28.8. The van der Waals surface area contributed by atoms with E-state index in [1.54, 1.807) is 17.5 Å². The lowest BCUT2D eigenvalue weighted by molar-refractivity contribution is 1.07. The standard InChI is InChI=1S/C43H27N5S/c1-3-8-28(9-4-1)29-13-15-31(16-14-29)42-46-41(30-10-5-2-6-11-30)47-43(48-42)33-19-22-40-37(25-33)36-24-32(18-21-39(36)49-40)38-20-17-35(27-45-38)34-12-7-23-44-26-34/h1-27H. The highest BCUT2D eigenvalue weighted by Gasteiger charge is 2.15. The van der Waals surface area contributed by atoms with Crippen molar-refractivity contribution in [2.45, 2.75) is 0 Å². The fourth-order valence-corrected chi connectivity index (χ4v) is 7.20. The fraction of sp³-hybridized carbons (Fsp3) is 0. The summed E-state index contributed by atoms with van der Waals surface area (Å²) in [7, 11) is 0. The molecular weight excluding hydrogens is 619 g/mol. The number of hydrogen-bond acceptors (Lipinski definition) is 6. The van der Waals surface area contributed by atoms with Gasteiger partial charge in [-0.15, -0.1) is 11.3 Å². The molecule has 4 aromatic heterocycles. The van der Waals surface area contributed by atoms with Gasteiger partial charge in [-0.25, -0.2) is 15.0 Å². The van der Waals surface area contributed by atoms with Crippen molar-refractivity contribution in [2.75, 3.05) is 0 Å². The van der Waals surface area contributed by atoms with Gasteiger partial charge in [-0.2, -0.15) is 0 Å². The van der Waals surface area contributed by atoms with E-state index < -0.39 is 0 Å². The van der Waals surface area contributed by atoms with Gasteiger partial charge in [0.05, 0.1) is 5.69 Å². The summed E-state index contributed by atoms with van der Waals surface area (Å²) in [5, 5.41) is 2.35. The van der Waals surface area contributed by atoms with E-state index in [0.717, 1.165) is 44.6 Å². The third-order valence-electron chi connectivity index (χ3n) is 8.70. The van der Waals surface area contributed by atoms with Crippen LogP contribution in [0.1, 0.15) is 0 Å². The van der Waals surface area contributed by atoms with Gasteiger partial charge in [0.2, 0.25) is 0 Å². The second-order valence-corrected chi connectivity index (χ2v) is 12.9. The molecule has 9 aromatic rings. The van der Waals surface area contributed by atoms with Crippen LogP contribution in [0.3, 0.4) is 0 Å². The maximum absolute atomic E-state index is 5.04. The number of pyridine rings is 2. The highest BCUT2D eigenvalue weighted by molar-refractivity contribution is 7.25. The molecule has 49 heavy (non-hydrogen) atoms. The molecule has 0 spiro atoms. The molecule has 9 rings (SSSR count). The van der Waals surface area contributed by atoms with E-state index >= 15 is 0 Å². The predicted octanol–water partition coefficient (Wildman–Crippen LogP) is 11.0. The first-order valence-corrected chi connectivity index (χ1v) is 16.9. The Morgan fingerprint density at radius 3 is 1.49 bits per heavy atom. The highest BCUT2D eigenvalue weighted by Crippen LogP contribution is 2.38. The van der Waals surface area contributed by atoms with Crippen LogP contribution in [0.15, 0.2) is 164 Å². The Kier molecular flexibility index (Phi) is 7.26. The SMILES string of the molecule is c1ccc(-c2ccc(-c3nc(-c4ccccc4)nc(-c4ccc5sc6ccc(-c7ccc(-c8cccnc8)cn7)cc6c5c4)n3)cc2)cc1. The summed E-state index contributed by atoms with van der Waals surface area (Å²) in [4.78, 5) is 24.0. The number of hydrogen-bond donors (Lipinski definition) is 0. The Labute approximate surface area is 287 Å². The minimum Gasteiger partial charge on any atom is -0.264 e. The van der Waals surface area contributed by atoms with E-state index in [1.807, 2.05) is 60.9 Å². The fourth-order valence-electron chi connectivity index (χ4n) is 6.14. The smallest absolute Gasteiger partial charge is 0.164 e. The van der Waals surface area contributed by atoms with Gasteiger partial charge in [0.1, 0.15) is 0 Å². The molecule has 4 heterocycles. The van der Waals surface area contributed by atoms with Crippen molar-refractivity contribution >= 4 is 31.5 Å². The van der Waals surface area contributed by atoms with Crippen LogP contribution in [0.5, 0.6) is 0 Å². The lowest BCUT2D eigenvalue weighted by Crippen LogP contribution is -2.00. The summed E-state index contributed by atoms with van der Waals surface area (Å²) < 4.78 is 2.44.